The molecule has 96 valence electrons. The van der Waals surface area contributed by atoms with Gasteiger partial charge >= 0.3 is 0 Å². The molecule has 0 heterocycles. The van der Waals surface area contributed by atoms with Crippen LogP contribution in [0.4, 0.5) is 5.69 Å². The van der Waals surface area contributed by atoms with Crippen molar-refractivity contribution in [3.63, 3.8) is 0 Å². The third kappa shape index (κ3) is 2.69. The SMILES string of the molecule is CN(C)c1cccc2c(CNS(=O)O)cccc12. The molecule has 0 fully saturated rings. The van der Waals surface area contributed by atoms with Gasteiger partial charge < -0.3 is 4.90 Å². The van der Waals surface area contributed by atoms with E-state index < -0.39 is 11.3 Å². The Balaban J connectivity index is 2.49. The molecule has 0 aliphatic carbocycles. The van der Waals surface area contributed by atoms with Crippen LogP contribution in [0.5, 0.6) is 0 Å². The third-order valence-electron chi connectivity index (χ3n) is 2.86. The third-order valence-corrected chi connectivity index (χ3v) is 3.25. The normalized spacial score (nSPS) is 12.6. The van der Waals surface area contributed by atoms with Gasteiger partial charge in [0.25, 0.3) is 0 Å². The Morgan fingerprint density at radius 2 is 1.83 bits per heavy atom. The number of nitrogens with zero attached hydrogens (tertiary/aromatic N) is 1. The molecule has 5 heteroatoms. The molecule has 18 heavy (non-hydrogen) atoms. The molecular weight excluding hydrogens is 248 g/mol. The van der Waals surface area contributed by atoms with Crippen LogP contribution < -0.4 is 9.62 Å². The lowest BCUT2D eigenvalue weighted by Crippen LogP contribution is -2.15. The lowest BCUT2D eigenvalue weighted by atomic mass is 10.0. The maximum absolute atomic E-state index is 10.7. The fourth-order valence-electron chi connectivity index (χ4n) is 2.04. The highest BCUT2D eigenvalue weighted by Gasteiger charge is 2.06. The van der Waals surface area contributed by atoms with E-state index in [2.05, 4.69) is 21.8 Å². The van der Waals surface area contributed by atoms with E-state index in [1.54, 1.807) is 0 Å². The summed E-state index contributed by atoms with van der Waals surface area (Å²) in [6, 6.07) is 12.1. The fraction of sp³-hybridized carbons (Fsp3) is 0.231. The molecular formula is C13H16N2O2S. The minimum atomic E-state index is -1.98. The van der Waals surface area contributed by atoms with Crippen molar-refractivity contribution in [1.29, 1.82) is 0 Å². The van der Waals surface area contributed by atoms with Crippen LogP contribution in [0.1, 0.15) is 5.56 Å². The van der Waals surface area contributed by atoms with E-state index in [0.717, 1.165) is 22.0 Å². The average molecular weight is 264 g/mol. The second-order valence-corrected chi connectivity index (χ2v) is 5.04. The Hall–Kier alpha value is -1.43. The summed E-state index contributed by atoms with van der Waals surface area (Å²) in [6.45, 7) is 0.372. The minimum absolute atomic E-state index is 0.372. The van der Waals surface area contributed by atoms with Crippen molar-refractivity contribution < 1.29 is 8.76 Å². The quantitative estimate of drug-likeness (QED) is 0.832. The van der Waals surface area contributed by atoms with Crippen molar-refractivity contribution in [3.05, 3.63) is 42.0 Å². The first-order chi connectivity index (χ1) is 8.59. The van der Waals surface area contributed by atoms with E-state index in [4.69, 9.17) is 4.55 Å². The van der Waals surface area contributed by atoms with Crippen LogP contribution >= 0.6 is 0 Å². The van der Waals surface area contributed by atoms with Gasteiger partial charge in [0.1, 0.15) is 0 Å². The van der Waals surface area contributed by atoms with Crippen LogP contribution in [0.3, 0.4) is 0 Å². The molecule has 2 rings (SSSR count). The molecule has 2 aromatic rings. The van der Waals surface area contributed by atoms with E-state index in [1.807, 2.05) is 38.4 Å². The monoisotopic (exact) mass is 264 g/mol. The van der Waals surface area contributed by atoms with Crippen LogP contribution in [0.15, 0.2) is 36.4 Å². The number of hydrogen-bond acceptors (Lipinski definition) is 2. The van der Waals surface area contributed by atoms with E-state index in [1.165, 1.54) is 0 Å². The molecule has 0 radical (unpaired) electrons. The Morgan fingerprint density at radius 1 is 1.17 bits per heavy atom. The first-order valence-electron chi connectivity index (χ1n) is 5.62. The van der Waals surface area contributed by atoms with Crippen LogP contribution in [-0.2, 0) is 17.8 Å². The van der Waals surface area contributed by atoms with Crippen molar-refractivity contribution in [2.75, 3.05) is 19.0 Å². The number of hydrogen-bond donors (Lipinski definition) is 2. The molecule has 1 atom stereocenters. The first kappa shape index (κ1) is 13.0. The zero-order chi connectivity index (χ0) is 13.1. The number of benzene rings is 2. The maximum atomic E-state index is 10.7. The number of rotatable bonds is 4. The second-order valence-electron chi connectivity index (χ2n) is 4.25. The van der Waals surface area contributed by atoms with Gasteiger partial charge in [-0.15, -0.1) is 0 Å². The maximum Gasteiger partial charge on any atom is 0.232 e. The first-order valence-corrected chi connectivity index (χ1v) is 6.72. The molecule has 0 aliphatic heterocycles. The molecule has 2 N–H and O–H groups in total. The van der Waals surface area contributed by atoms with E-state index in [-0.39, 0.29) is 0 Å². The molecule has 2 aromatic carbocycles. The van der Waals surface area contributed by atoms with Crippen LogP contribution in [-0.4, -0.2) is 22.9 Å². The van der Waals surface area contributed by atoms with Gasteiger partial charge in [-0.2, -0.15) is 0 Å². The summed E-state index contributed by atoms with van der Waals surface area (Å²) < 4.78 is 22.0. The topological polar surface area (TPSA) is 52.6 Å². The van der Waals surface area contributed by atoms with E-state index in [9.17, 15) is 4.21 Å². The summed E-state index contributed by atoms with van der Waals surface area (Å²) in [7, 11) is 4.00. The minimum Gasteiger partial charge on any atom is -0.377 e. The van der Waals surface area contributed by atoms with Gasteiger partial charge in [0.15, 0.2) is 0 Å². The summed E-state index contributed by atoms with van der Waals surface area (Å²) in [6.07, 6.45) is 0. The van der Waals surface area contributed by atoms with Crippen LogP contribution in [0.25, 0.3) is 10.8 Å². The van der Waals surface area contributed by atoms with Gasteiger partial charge in [-0.3, -0.25) is 4.55 Å². The largest absolute Gasteiger partial charge is 0.377 e. The average Bonchev–Trinajstić information content (AvgIpc) is 2.35. The van der Waals surface area contributed by atoms with Gasteiger partial charge in [0.2, 0.25) is 11.3 Å². The standard InChI is InChI=1S/C13H16N2O2S/c1-15(2)13-8-4-6-11-10(9-14-18(16)17)5-3-7-12(11)13/h3-8,14H,9H2,1-2H3,(H,16,17). The summed E-state index contributed by atoms with van der Waals surface area (Å²) in [5.74, 6) is 0. The van der Waals surface area contributed by atoms with E-state index in [0.29, 0.717) is 6.54 Å². The summed E-state index contributed by atoms with van der Waals surface area (Å²) in [5.41, 5.74) is 2.15. The molecule has 4 nitrogen and oxygen atoms in total. The Kier molecular flexibility index (Phi) is 3.96. The molecule has 1 unspecified atom stereocenters. The fourth-order valence-corrected chi connectivity index (χ4v) is 2.32. The van der Waals surface area contributed by atoms with Gasteiger partial charge in [0, 0.05) is 31.7 Å². The number of anilines is 1. The number of fused-ring (bicyclic) bond motifs is 1. The van der Waals surface area contributed by atoms with Crippen molar-refractivity contribution >= 4 is 27.7 Å². The van der Waals surface area contributed by atoms with Crippen molar-refractivity contribution in [2.24, 2.45) is 0 Å². The highest BCUT2D eigenvalue weighted by Crippen LogP contribution is 2.27. The van der Waals surface area contributed by atoms with Crippen LogP contribution in [0, 0.1) is 0 Å². The molecule has 0 saturated heterocycles. The molecule has 0 bridgehead atoms. The molecule has 0 amide bonds. The molecule has 0 spiro atoms. The zero-order valence-electron chi connectivity index (χ0n) is 10.4. The van der Waals surface area contributed by atoms with Crippen molar-refractivity contribution in [3.8, 4) is 0 Å². The smallest absolute Gasteiger partial charge is 0.232 e. The second kappa shape index (κ2) is 5.48. The van der Waals surface area contributed by atoms with Gasteiger partial charge in [-0.1, -0.05) is 30.3 Å². The predicted octanol–water partition coefficient (Wildman–Crippen LogP) is 2.13. The van der Waals surface area contributed by atoms with Crippen molar-refractivity contribution in [2.45, 2.75) is 6.54 Å². The summed E-state index contributed by atoms with van der Waals surface area (Å²) in [5, 5.41) is 2.24. The highest BCUT2D eigenvalue weighted by atomic mass is 32.2. The Bertz CT molecular complexity index is 584. The molecule has 0 saturated carbocycles. The Labute approximate surface area is 109 Å². The lowest BCUT2D eigenvalue weighted by Gasteiger charge is -2.16. The van der Waals surface area contributed by atoms with Gasteiger partial charge in [-0.25, -0.2) is 8.93 Å². The highest BCUT2D eigenvalue weighted by molar-refractivity contribution is 7.77. The number of nitrogens with one attached hydrogen (secondary N) is 1. The van der Waals surface area contributed by atoms with E-state index >= 15 is 0 Å². The molecule has 0 aromatic heterocycles. The predicted molar refractivity (Wildman–Crippen MR) is 75.9 cm³/mol. The van der Waals surface area contributed by atoms with Crippen molar-refractivity contribution in [1.82, 2.24) is 4.72 Å². The van der Waals surface area contributed by atoms with Gasteiger partial charge in [-0.05, 0) is 17.0 Å². The van der Waals surface area contributed by atoms with Gasteiger partial charge in [0.05, 0.1) is 0 Å². The molecule has 0 aliphatic rings. The zero-order valence-corrected chi connectivity index (χ0v) is 11.2. The lowest BCUT2D eigenvalue weighted by molar-refractivity contribution is 0.549. The van der Waals surface area contributed by atoms with Crippen LogP contribution in [0.2, 0.25) is 0 Å². The summed E-state index contributed by atoms with van der Waals surface area (Å²) >= 11 is -1.98. The Morgan fingerprint density at radius 3 is 2.50 bits per heavy atom. The summed E-state index contributed by atoms with van der Waals surface area (Å²) in [4.78, 5) is 2.06.